The highest BCUT2D eigenvalue weighted by molar-refractivity contribution is 5.93. The number of nitrogens with zero attached hydrogens (tertiary/aromatic N) is 1. The lowest BCUT2D eigenvalue weighted by Crippen LogP contribution is -2.61. The molecule has 3 N–H and O–H groups in total. The van der Waals surface area contributed by atoms with Crippen molar-refractivity contribution in [1.82, 2.24) is 20.9 Å². The molecule has 0 unspecified atom stereocenters. The number of carbonyl (C=O) groups is 3. The Morgan fingerprint density at radius 3 is 2.54 bits per heavy atom. The predicted molar refractivity (Wildman–Crippen MR) is 145 cm³/mol. The number of nitrogens with one attached hydrogen (secondary N) is 3. The van der Waals surface area contributed by atoms with Gasteiger partial charge in [0.05, 0.1) is 12.6 Å². The molecule has 198 valence electrons. The van der Waals surface area contributed by atoms with Crippen LogP contribution in [0.4, 0.5) is 0 Å². The summed E-state index contributed by atoms with van der Waals surface area (Å²) in [7, 11) is 1.70. The second-order valence-corrected chi connectivity index (χ2v) is 11.5. The Morgan fingerprint density at radius 1 is 1.05 bits per heavy atom. The standard InChI is InChI=1S/C30H40N4O3/c1-19-13-14-21-16-25(28(36)32-24-12-8-10-20-9-6-7-11-23(20)24)34(18-22(21)15-19)29(37)27(30(2,3)4)33-26(35)17-31-5/h6-7,9,11,13-15,24-25,27,31H,8,10,12,16-18H2,1-5H3,(H,32,36)(H,33,35)/t24-,25+,27-/m1/s1. The Hall–Kier alpha value is -3.19. The fraction of sp³-hybridized carbons (Fsp3) is 0.500. The van der Waals surface area contributed by atoms with E-state index in [0.29, 0.717) is 13.0 Å². The van der Waals surface area contributed by atoms with Crippen molar-refractivity contribution in [2.24, 2.45) is 5.41 Å². The molecule has 7 nitrogen and oxygen atoms in total. The number of hydrogen-bond donors (Lipinski definition) is 3. The molecule has 2 aromatic rings. The zero-order chi connectivity index (χ0) is 26.7. The summed E-state index contributed by atoms with van der Waals surface area (Å²) in [6, 6.07) is 13.0. The zero-order valence-electron chi connectivity index (χ0n) is 22.7. The molecule has 4 rings (SSSR count). The second-order valence-electron chi connectivity index (χ2n) is 11.5. The Morgan fingerprint density at radius 2 is 1.81 bits per heavy atom. The van der Waals surface area contributed by atoms with Crippen LogP contribution in [0.5, 0.6) is 0 Å². The van der Waals surface area contributed by atoms with Gasteiger partial charge in [-0.05, 0) is 60.9 Å². The molecular formula is C30H40N4O3. The van der Waals surface area contributed by atoms with Crippen LogP contribution in [0.1, 0.15) is 67.5 Å². The number of carbonyl (C=O) groups excluding carboxylic acids is 3. The van der Waals surface area contributed by atoms with Crippen molar-refractivity contribution in [2.45, 2.75) is 78.0 Å². The summed E-state index contributed by atoms with van der Waals surface area (Å²) in [6.45, 7) is 8.29. The molecule has 0 saturated heterocycles. The number of hydrogen-bond acceptors (Lipinski definition) is 4. The lowest BCUT2D eigenvalue weighted by atomic mass is 9.83. The first-order valence-corrected chi connectivity index (χ1v) is 13.3. The van der Waals surface area contributed by atoms with Crippen molar-refractivity contribution in [3.63, 3.8) is 0 Å². The number of fused-ring (bicyclic) bond motifs is 2. The molecule has 0 spiro atoms. The second kappa shape index (κ2) is 11.1. The van der Waals surface area contributed by atoms with Crippen molar-refractivity contribution >= 4 is 17.7 Å². The topological polar surface area (TPSA) is 90.5 Å². The van der Waals surface area contributed by atoms with Crippen LogP contribution >= 0.6 is 0 Å². The minimum Gasteiger partial charge on any atom is -0.347 e. The van der Waals surface area contributed by atoms with Crippen molar-refractivity contribution in [1.29, 1.82) is 0 Å². The average Bonchev–Trinajstić information content (AvgIpc) is 2.85. The smallest absolute Gasteiger partial charge is 0.246 e. The summed E-state index contributed by atoms with van der Waals surface area (Å²) in [5, 5.41) is 9.04. The van der Waals surface area contributed by atoms with Crippen LogP contribution in [0.15, 0.2) is 42.5 Å². The maximum Gasteiger partial charge on any atom is 0.246 e. The molecule has 2 aromatic carbocycles. The fourth-order valence-corrected chi connectivity index (χ4v) is 5.54. The molecule has 0 bridgehead atoms. The molecule has 7 heteroatoms. The van der Waals surface area contributed by atoms with E-state index in [9.17, 15) is 14.4 Å². The first kappa shape index (κ1) is 26.9. The molecule has 0 aromatic heterocycles. The molecule has 3 amide bonds. The van der Waals surface area contributed by atoms with Crippen molar-refractivity contribution in [3.05, 3.63) is 70.3 Å². The van der Waals surface area contributed by atoms with Gasteiger partial charge in [0.15, 0.2) is 0 Å². The Bertz CT molecular complexity index is 1170. The fourth-order valence-electron chi connectivity index (χ4n) is 5.54. The SMILES string of the molecule is CNCC(=O)N[C@H](C(=O)N1Cc2cc(C)ccc2C[C@H]1C(=O)N[C@@H]1CCCc2ccccc21)C(C)(C)C. The van der Waals surface area contributed by atoms with E-state index in [4.69, 9.17) is 0 Å². The molecular weight excluding hydrogens is 464 g/mol. The first-order chi connectivity index (χ1) is 17.6. The van der Waals surface area contributed by atoms with Crippen molar-refractivity contribution in [3.8, 4) is 0 Å². The maximum absolute atomic E-state index is 14.1. The number of aryl methyl sites for hydroxylation is 2. The quantitative estimate of drug-likeness (QED) is 0.564. The molecule has 0 saturated carbocycles. The zero-order valence-corrected chi connectivity index (χ0v) is 22.7. The van der Waals surface area contributed by atoms with E-state index in [1.165, 1.54) is 11.1 Å². The third kappa shape index (κ3) is 6.04. The summed E-state index contributed by atoms with van der Waals surface area (Å²) in [5.41, 5.74) is 5.16. The van der Waals surface area contributed by atoms with E-state index in [-0.39, 0.29) is 30.3 Å². The number of rotatable bonds is 6. The lowest BCUT2D eigenvalue weighted by Gasteiger charge is -2.41. The van der Waals surface area contributed by atoms with Gasteiger partial charge < -0.3 is 20.9 Å². The summed E-state index contributed by atoms with van der Waals surface area (Å²) in [6.07, 6.45) is 3.36. The Labute approximate surface area is 220 Å². The van der Waals surface area contributed by atoms with Gasteiger partial charge in [-0.25, -0.2) is 0 Å². The number of benzene rings is 2. The summed E-state index contributed by atoms with van der Waals surface area (Å²) < 4.78 is 0. The first-order valence-electron chi connectivity index (χ1n) is 13.3. The summed E-state index contributed by atoms with van der Waals surface area (Å²) in [4.78, 5) is 42.1. The third-order valence-electron chi connectivity index (χ3n) is 7.52. The molecule has 37 heavy (non-hydrogen) atoms. The molecule has 1 aliphatic carbocycles. The third-order valence-corrected chi connectivity index (χ3v) is 7.52. The van der Waals surface area contributed by atoms with Crippen LogP contribution in [0.25, 0.3) is 0 Å². The van der Waals surface area contributed by atoms with Gasteiger partial charge in [-0.2, -0.15) is 0 Å². The predicted octanol–water partition coefficient (Wildman–Crippen LogP) is 3.19. The monoisotopic (exact) mass is 504 g/mol. The molecule has 2 aliphatic rings. The molecule has 1 aliphatic heterocycles. The molecule has 3 atom stereocenters. The number of likely N-dealkylation sites (N-methyl/N-ethyl adjacent to an activating group) is 1. The molecule has 0 radical (unpaired) electrons. The van der Waals surface area contributed by atoms with Gasteiger partial charge in [0.1, 0.15) is 12.1 Å². The van der Waals surface area contributed by atoms with Crippen molar-refractivity contribution < 1.29 is 14.4 Å². The van der Waals surface area contributed by atoms with E-state index < -0.39 is 17.5 Å². The Kier molecular flexibility index (Phi) is 8.02. The highest BCUT2D eigenvalue weighted by Crippen LogP contribution is 2.32. The normalized spacial score (nSPS) is 19.9. The van der Waals surface area contributed by atoms with Gasteiger partial charge in [-0.1, -0.05) is 68.8 Å². The molecule has 0 fully saturated rings. The van der Waals surface area contributed by atoms with Gasteiger partial charge in [0.2, 0.25) is 17.7 Å². The maximum atomic E-state index is 14.1. The largest absolute Gasteiger partial charge is 0.347 e. The van der Waals surface area contributed by atoms with Gasteiger partial charge >= 0.3 is 0 Å². The minimum absolute atomic E-state index is 0.0671. The van der Waals surface area contributed by atoms with Gasteiger partial charge in [-0.3, -0.25) is 14.4 Å². The van der Waals surface area contributed by atoms with E-state index >= 15 is 0 Å². The van der Waals surface area contributed by atoms with Crippen LogP contribution in [-0.2, 0) is 33.8 Å². The van der Waals surface area contributed by atoms with E-state index in [0.717, 1.165) is 36.0 Å². The Balaban J connectivity index is 1.65. The van der Waals surface area contributed by atoms with Crippen LogP contribution in [0, 0.1) is 12.3 Å². The van der Waals surface area contributed by atoms with Gasteiger partial charge in [-0.15, -0.1) is 0 Å². The van der Waals surface area contributed by atoms with Crippen LogP contribution in [0.3, 0.4) is 0 Å². The highest BCUT2D eigenvalue weighted by atomic mass is 16.2. The van der Waals surface area contributed by atoms with Crippen molar-refractivity contribution in [2.75, 3.05) is 13.6 Å². The van der Waals surface area contributed by atoms with Crippen LogP contribution in [-0.4, -0.2) is 48.3 Å². The van der Waals surface area contributed by atoms with E-state index in [2.05, 4.69) is 46.3 Å². The van der Waals surface area contributed by atoms with Gasteiger partial charge in [0, 0.05) is 13.0 Å². The summed E-state index contributed by atoms with van der Waals surface area (Å²) in [5.74, 6) is -0.618. The van der Waals surface area contributed by atoms with E-state index in [1.807, 2.05) is 39.8 Å². The highest BCUT2D eigenvalue weighted by Gasteiger charge is 2.42. The summed E-state index contributed by atoms with van der Waals surface area (Å²) >= 11 is 0. The van der Waals surface area contributed by atoms with Crippen LogP contribution in [0.2, 0.25) is 0 Å². The molecule has 1 heterocycles. The number of amides is 3. The minimum atomic E-state index is -0.759. The average molecular weight is 505 g/mol. The lowest BCUT2D eigenvalue weighted by molar-refractivity contribution is -0.147. The van der Waals surface area contributed by atoms with Crippen LogP contribution < -0.4 is 16.0 Å². The van der Waals surface area contributed by atoms with E-state index in [1.54, 1.807) is 11.9 Å². The van der Waals surface area contributed by atoms with Gasteiger partial charge in [0.25, 0.3) is 0 Å².